The van der Waals surface area contributed by atoms with E-state index in [-0.39, 0.29) is 11.7 Å². The number of ketones is 1. The molecule has 166 valence electrons. The lowest BCUT2D eigenvalue weighted by atomic mass is 9.84. The molecule has 0 aliphatic carbocycles. The molecular formula is C29H28N2O2. The van der Waals surface area contributed by atoms with Crippen molar-refractivity contribution in [3.63, 3.8) is 0 Å². The van der Waals surface area contributed by atoms with E-state index in [1.807, 2.05) is 30.3 Å². The maximum atomic E-state index is 13.5. The summed E-state index contributed by atoms with van der Waals surface area (Å²) in [5.74, 6) is 0.696. The Morgan fingerprint density at radius 1 is 0.909 bits per heavy atom. The van der Waals surface area contributed by atoms with Gasteiger partial charge in [-0.2, -0.15) is 5.26 Å². The van der Waals surface area contributed by atoms with E-state index in [9.17, 15) is 10.1 Å². The molecule has 3 aromatic rings. The fourth-order valence-corrected chi connectivity index (χ4v) is 5.40. The number of nitrogens with zero attached hydrogens (tertiary/aromatic N) is 2. The standard InChI is InChI=1S/C29H28N2O2/c30-18-24-12-11-23(17-28(24)33-20-22-9-5-2-6-10-22)29(32)25-15-26-13-14-27(16-25)31(26)19-21-7-3-1-4-8-21/h1-12,17,25-27H,13-16,19-20H2. The third kappa shape index (κ3) is 4.69. The Kier molecular flexibility index (Phi) is 6.24. The first-order chi connectivity index (χ1) is 16.2. The number of benzene rings is 3. The summed E-state index contributed by atoms with van der Waals surface area (Å²) in [6.07, 6.45) is 4.14. The maximum Gasteiger partial charge on any atom is 0.166 e. The zero-order valence-corrected chi connectivity index (χ0v) is 18.7. The predicted molar refractivity (Wildman–Crippen MR) is 128 cm³/mol. The summed E-state index contributed by atoms with van der Waals surface area (Å²) in [7, 11) is 0. The molecule has 2 unspecified atom stereocenters. The first-order valence-corrected chi connectivity index (χ1v) is 11.8. The molecule has 0 spiro atoms. The van der Waals surface area contributed by atoms with Crippen molar-refractivity contribution < 1.29 is 9.53 Å². The average molecular weight is 437 g/mol. The number of carbonyl (C=O) groups is 1. The summed E-state index contributed by atoms with van der Waals surface area (Å²) in [5.41, 5.74) is 3.48. The lowest BCUT2D eigenvalue weighted by molar-refractivity contribution is 0.0678. The van der Waals surface area contributed by atoms with Gasteiger partial charge >= 0.3 is 0 Å². The molecule has 3 aromatic carbocycles. The van der Waals surface area contributed by atoms with Crippen molar-refractivity contribution in [2.75, 3.05) is 0 Å². The van der Waals surface area contributed by atoms with Crippen molar-refractivity contribution in [1.29, 1.82) is 5.26 Å². The highest BCUT2D eigenvalue weighted by molar-refractivity contribution is 5.98. The second-order valence-electron chi connectivity index (χ2n) is 9.17. The van der Waals surface area contributed by atoms with E-state index < -0.39 is 0 Å². The molecule has 0 amide bonds. The van der Waals surface area contributed by atoms with Crippen LogP contribution in [-0.2, 0) is 13.2 Å². The van der Waals surface area contributed by atoms with Gasteiger partial charge in [-0.05, 0) is 55.0 Å². The van der Waals surface area contributed by atoms with Gasteiger partial charge in [0.2, 0.25) is 0 Å². The fourth-order valence-electron chi connectivity index (χ4n) is 5.40. The smallest absolute Gasteiger partial charge is 0.166 e. The second-order valence-corrected chi connectivity index (χ2v) is 9.17. The number of rotatable bonds is 7. The van der Waals surface area contributed by atoms with E-state index in [2.05, 4.69) is 41.3 Å². The minimum atomic E-state index is 0.0319. The molecule has 4 heteroatoms. The fraction of sp³-hybridized carbons (Fsp3) is 0.310. The second kappa shape index (κ2) is 9.60. The SMILES string of the molecule is N#Cc1ccc(C(=O)C2CC3CCC(C2)N3Cc2ccccc2)cc1OCc1ccccc1. The molecule has 2 aliphatic heterocycles. The van der Waals surface area contributed by atoms with Gasteiger partial charge in [-0.15, -0.1) is 0 Å². The summed E-state index contributed by atoms with van der Waals surface area (Å²) in [6.45, 7) is 1.33. The Morgan fingerprint density at radius 3 is 2.18 bits per heavy atom. The van der Waals surface area contributed by atoms with Crippen LogP contribution in [-0.4, -0.2) is 22.8 Å². The minimum Gasteiger partial charge on any atom is -0.487 e. The number of ether oxygens (including phenoxy) is 1. The number of piperidine rings is 1. The molecule has 2 atom stereocenters. The highest BCUT2D eigenvalue weighted by Crippen LogP contribution is 2.41. The third-order valence-electron chi connectivity index (χ3n) is 7.09. The van der Waals surface area contributed by atoms with E-state index >= 15 is 0 Å². The van der Waals surface area contributed by atoms with E-state index in [0.29, 0.717) is 35.6 Å². The van der Waals surface area contributed by atoms with E-state index in [4.69, 9.17) is 4.74 Å². The van der Waals surface area contributed by atoms with E-state index in [1.165, 1.54) is 18.4 Å². The first-order valence-electron chi connectivity index (χ1n) is 11.8. The van der Waals surface area contributed by atoms with E-state index in [0.717, 1.165) is 24.9 Å². The first kappa shape index (κ1) is 21.4. The van der Waals surface area contributed by atoms with Gasteiger partial charge < -0.3 is 4.74 Å². The zero-order valence-electron chi connectivity index (χ0n) is 18.7. The Balaban J connectivity index is 1.28. The molecule has 0 saturated carbocycles. The van der Waals surface area contributed by atoms with Gasteiger partial charge in [0.05, 0.1) is 5.56 Å². The molecule has 0 N–H and O–H groups in total. The summed E-state index contributed by atoms with van der Waals surface area (Å²) in [6, 6.07) is 28.8. The molecule has 2 aliphatic rings. The van der Waals surface area contributed by atoms with Crippen molar-refractivity contribution in [3.05, 3.63) is 101 Å². The third-order valence-corrected chi connectivity index (χ3v) is 7.09. The number of nitriles is 1. The van der Waals surface area contributed by atoms with Crippen LogP contribution in [0.3, 0.4) is 0 Å². The van der Waals surface area contributed by atoms with Gasteiger partial charge in [-0.25, -0.2) is 0 Å². The van der Waals surface area contributed by atoms with Crippen molar-refractivity contribution in [3.8, 4) is 11.8 Å². The van der Waals surface area contributed by atoms with Crippen molar-refractivity contribution >= 4 is 5.78 Å². The van der Waals surface area contributed by atoms with Gasteiger partial charge in [0.25, 0.3) is 0 Å². The number of carbonyl (C=O) groups excluding carboxylic acids is 1. The Morgan fingerprint density at radius 2 is 1.55 bits per heavy atom. The van der Waals surface area contributed by atoms with Gasteiger partial charge in [0, 0.05) is 30.1 Å². The van der Waals surface area contributed by atoms with Gasteiger partial charge in [0.1, 0.15) is 18.4 Å². The van der Waals surface area contributed by atoms with E-state index in [1.54, 1.807) is 18.2 Å². The van der Waals surface area contributed by atoms with Crippen LogP contribution in [0.25, 0.3) is 0 Å². The number of hydrogen-bond donors (Lipinski definition) is 0. The Bertz CT molecular complexity index is 1140. The largest absolute Gasteiger partial charge is 0.487 e. The van der Waals surface area contributed by atoms with Crippen LogP contribution in [0.15, 0.2) is 78.9 Å². The van der Waals surface area contributed by atoms with Gasteiger partial charge in [0.15, 0.2) is 5.78 Å². The monoisotopic (exact) mass is 436 g/mol. The van der Waals surface area contributed by atoms with Crippen molar-refractivity contribution in [2.45, 2.75) is 50.9 Å². The van der Waals surface area contributed by atoms with Crippen molar-refractivity contribution in [2.24, 2.45) is 5.92 Å². The Labute approximate surface area is 195 Å². The summed E-state index contributed by atoms with van der Waals surface area (Å²) in [5, 5.41) is 9.50. The normalized spacial score (nSPS) is 22.0. The lowest BCUT2D eigenvalue weighted by Crippen LogP contribution is -2.44. The van der Waals surface area contributed by atoms with Crippen LogP contribution in [0, 0.1) is 17.2 Å². The van der Waals surface area contributed by atoms with Gasteiger partial charge in [-0.3, -0.25) is 9.69 Å². The predicted octanol–water partition coefficient (Wildman–Crippen LogP) is 5.76. The maximum absolute atomic E-state index is 13.5. The lowest BCUT2D eigenvalue weighted by Gasteiger charge is -2.38. The molecular weight excluding hydrogens is 408 g/mol. The topological polar surface area (TPSA) is 53.3 Å². The number of hydrogen-bond acceptors (Lipinski definition) is 4. The van der Waals surface area contributed by atoms with Gasteiger partial charge in [-0.1, -0.05) is 60.7 Å². The van der Waals surface area contributed by atoms with Crippen LogP contribution >= 0.6 is 0 Å². The molecule has 4 nitrogen and oxygen atoms in total. The average Bonchev–Trinajstić information content (AvgIpc) is 3.09. The molecule has 33 heavy (non-hydrogen) atoms. The number of fused-ring (bicyclic) bond motifs is 2. The molecule has 2 bridgehead atoms. The molecule has 2 fully saturated rings. The van der Waals surface area contributed by atoms with Crippen LogP contribution in [0.5, 0.6) is 5.75 Å². The van der Waals surface area contributed by atoms with Crippen LogP contribution in [0.2, 0.25) is 0 Å². The van der Waals surface area contributed by atoms with Crippen LogP contribution in [0.4, 0.5) is 0 Å². The summed E-state index contributed by atoms with van der Waals surface area (Å²) in [4.78, 5) is 16.1. The highest BCUT2D eigenvalue weighted by Gasteiger charge is 2.42. The number of Topliss-reactive ketones (excluding diaryl/α,β-unsaturated/α-hetero) is 1. The zero-order chi connectivity index (χ0) is 22.6. The van der Waals surface area contributed by atoms with Crippen LogP contribution < -0.4 is 4.74 Å². The molecule has 0 aromatic heterocycles. The van der Waals surface area contributed by atoms with Crippen molar-refractivity contribution in [1.82, 2.24) is 4.90 Å². The molecule has 0 radical (unpaired) electrons. The minimum absolute atomic E-state index is 0.0319. The molecule has 2 saturated heterocycles. The summed E-state index contributed by atoms with van der Waals surface area (Å²) < 4.78 is 5.95. The summed E-state index contributed by atoms with van der Waals surface area (Å²) >= 11 is 0. The molecule has 5 rings (SSSR count). The quantitative estimate of drug-likeness (QED) is 0.442. The molecule has 2 heterocycles. The highest BCUT2D eigenvalue weighted by atomic mass is 16.5. The Hall–Kier alpha value is -3.42. The van der Waals surface area contributed by atoms with Crippen LogP contribution in [0.1, 0.15) is 52.7 Å².